The average Bonchev–Trinajstić information content (AvgIpc) is 2.86. The molecule has 4 nitrogen and oxygen atoms in total. The zero-order valence-corrected chi connectivity index (χ0v) is 10.2. The minimum Gasteiger partial charge on any atom is -0.496 e. The Labute approximate surface area is 101 Å². The van der Waals surface area contributed by atoms with Crippen LogP contribution in [0.5, 0.6) is 5.75 Å². The van der Waals surface area contributed by atoms with Gasteiger partial charge in [-0.25, -0.2) is 5.43 Å². The van der Waals surface area contributed by atoms with E-state index in [0.717, 1.165) is 35.7 Å². The van der Waals surface area contributed by atoms with Crippen LogP contribution in [0.1, 0.15) is 23.6 Å². The lowest BCUT2D eigenvalue weighted by molar-refractivity contribution is 0.215. The van der Waals surface area contributed by atoms with Crippen molar-refractivity contribution in [1.29, 1.82) is 0 Å². The molecule has 4 heteroatoms. The minimum atomic E-state index is -0.105. The van der Waals surface area contributed by atoms with Gasteiger partial charge in [-0.3, -0.25) is 5.84 Å². The van der Waals surface area contributed by atoms with Crippen molar-refractivity contribution in [3.05, 3.63) is 41.2 Å². The maximum Gasteiger partial charge on any atom is 0.122 e. The molecule has 17 heavy (non-hydrogen) atoms. The van der Waals surface area contributed by atoms with Crippen molar-refractivity contribution in [3.8, 4) is 5.75 Å². The number of hydrogen-bond acceptors (Lipinski definition) is 4. The lowest BCUT2D eigenvalue weighted by Crippen LogP contribution is -2.29. The Morgan fingerprint density at radius 2 is 2.29 bits per heavy atom. The smallest absolute Gasteiger partial charge is 0.122 e. The van der Waals surface area contributed by atoms with E-state index in [9.17, 15) is 0 Å². The molecule has 1 aromatic carbocycles. The van der Waals surface area contributed by atoms with E-state index in [0.29, 0.717) is 0 Å². The van der Waals surface area contributed by atoms with E-state index in [-0.39, 0.29) is 6.04 Å². The summed E-state index contributed by atoms with van der Waals surface area (Å²) in [5.74, 6) is 7.35. The summed E-state index contributed by atoms with van der Waals surface area (Å²) in [5, 5.41) is 0. The molecule has 1 atom stereocenters. The fourth-order valence-corrected chi connectivity index (χ4v) is 2.00. The second kappa shape index (κ2) is 5.21. The summed E-state index contributed by atoms with van der Waals surface area (Å²) in [5.41, 5.74) is 4.93. The quantitative estimate of drug-likeness (QED) is 0.616. The molecule has 0 radical (unpaired) electrons. The molecule has 3 N–H and O–H groups in total. The fourth-order valence-electron chi connectivity index (χ4n) is 2.00. The molecule has 0 saturated heterocycles. The number of benzene rings is 1. The van der Waals surface area contributed by atoms with Gasteiger partial charge in [0.2, 0.25) is 0 Å². The Balaban J connectivity index is 2.30. The highest BCUT2D eigenvalue weighted by Gasteiger charge is 2.20. The highest BCUT2D eigenvalue weighted by Crippen LogP contribution is 2.29. The van der Waals surface area contributed by atoms with Crippen LogP contribution in [0.3, 0.4) is 0 Å². The lowest BCUT2D eigenvalue weighted by Gasteiger charge is -2.18. The largest absolute Gasteiger partial charge is 0.496 e. The second-order valence-corrected chi connectivity index (χ2v) is 4.07. The molecule has 1 aliphatic heterocycles. The van der Waals surface area contributed by atoms with Gasteiger partial charge >= 0.3 is 0 Å². The van der Waals surface area contributed by atoms with Gasteiger partial charge < -0.3 is 9.47 Å². The Morgan fingerprint density at radius 1 is 1.47 bits per heavy atom. The van der Waals surface area contributed by atoms with E-state index in [1.165, 1.54) is 0 Å². The second-order valence-electron chi connectivity index (χ2n) is 4.07. The molecule has 1 aromatic rings. The summed E-state index contributed by atoms with van der Waals surface area (Å²) in [4.78, 5) is 0. The zero-order chi connectivity index (χ0) is 12.3. The number of nitrogens with two attached hydrogens (primary N) is 1. The van der Waals surface area contributed by atoms with E-state index in [1.54, 1.807) is 7.11 Å². The summed E-state index contributed by atoms with van der Waals surface area (Å²) in [6.45, 7) is 2.75. The van der Waals surface area contributed by atoms with Gasteiger partial charge in [0.25, 0.3) is 0 Å². The molecular weight excluding hydrogens is 216 g/mol. The van der Waals surface area contributed by atoms with Crippen LogP contribution in [0, 0.1) is 6.92 Å². The number of aryl methyl sites for hydroxylation is 1. The molecule has 2 rings (SSSR count). The number of rotatable bonds is 4. The standard InChI is InChI=1S/C13H18N2O2/c1-9-5-6-10(8-12(9)16-2)13(15-14)11-4-3-7-17-11/h4-6,8,13,15H,3,7,14H2,1-2H3. The van der Waals surface area contributed by atoms with Crippen molar-refractivity contribution in [2.24, 2.45) is 5.84 Å². The molecule has 0 aromatic heterocycles. The topological polar surface area (TPSA) is 56.5 Å². The third-order valence-electron chi connectivity index (χ3n) is 2.95. The van der Waals surface area contributed by atoms with E-state index in [2.05, 4.69) is 11.5 Å². The average molecular weight is 234 g/mol. The van der Waals surface area contributed by atoms with Crippen molar-refractivity contribution in [1.82, 2.24) is 5.43 Å². The molecule has 92 valence electrons. The van der Waals surface area contributed by atoms with E-state index in [4.69, 9.17) is 15.3 Å². The predicted molar refractivity (Wildman–Crippen MR) is 66.4 cm³/mol. The Bertz CT molecular complexity index is 429. The first-order valence-corrected chi connectivity index (χ1v) is 5.69. The SMILES string of the molecule is COc1cc(C(NN)C2=CCCO2)ccc1C. The van der Waals surface area contributed by atoms with Crippen LogP contribution in [0.2, 0.25) is 0 Å². The monoisotopic (exact) mass is 234 g/mol. The van der Waals surface area contributed by atoms with Crippen molar-refractivity contribution in [2.45, 2.75) is 19.4 Å². The molecular formula is C13H18N2O2. The van der Waals surface area contributed by atoms with Crippen molar-refractivity contribution < 1.29 is 9.47 Å². The van der Waals surface area contributed by atoms with Gasteiger partial charge in [-0.1, -0.05) is 12.1 Å². The van der Waals surface area contributed by atoms with Crippen LogP contribution < -0.4 is 16.0 Å². The molecule has 1 unspecified atom stereocenters. The van der Waals surface area contributed by atoms with Gasteiger partial charge in [0.05, 0.1) is 13.7 Å². The minimum absolute atomic E-state index is 0.105. The van der Waals surface area contributed by atoms with Crippen molar-refractivity contribution in [2.75, 3.05) is 13.7 Å². The normalized spacial score (nSPS) is 16.3. The maximum atomic E-state index is 5.60. The highest BCUT2D eigenvalue weighted by molar-refractivity contribution is 5.39. The van der Waals surface area contributed by atoms with Crippen LogP contribution in [0.15, 0.2) is 30.0 Å². The molecule has 0 spiro atoms. The zero-order valence-electron chi connectivity index (χ0n) is 10.2. The first kappa shape index (κ1) is 12.0. The van der Waals surface area contributed by atoms with E-state index >= 15 is 0 Å². The van der Waals surface area contributed by atoms with Crippen molar-refractivity contribution in [3.63, 3.8) is 0 Å². The molecule has 1 aliphatic rings. The summed E-state index contributed by atoms with van der Waals surface area (Å²) >= 11 is 0. The van der Waals surface area contributed by atoms with Gasteiger partial charge in [-0.05, 0) is 30.2 Å². The molecule has 0 fully saturated rings. The third kappa shape index (κ3) is 2.43. The number of hydrogen-bond donors (Lipinski definition) is 2. The Morgan fingerprint density at radius 3 is 2.88 bits per heavy atom. The Kier molecular flexibility index (Phi) is 3.66. The molecule has 0 aliphatic carbocycles. The number of hydrazine groups is 1. The van der Waals surface area contributed by atoms with Crippen LogP contribution in [-0.4, -0.2) is 13.7 Å². The van der Waals surface area contributed by atoms with Gasteiger partial charge in [0.15, 0.2) is 0 Å². The lowest BCUT2D eigenvalue weighted by atomic mass is 10.0. The van der Waals surface area contributed by atoms with Gasteiger partial charge in [0, 0.05) is 6.42 Å². The first-order valence-electron chi connectivity index (χ1n) is 5.69. The third-order valence-corrected chi connectivity index (χ3v) is 2.95. The molecule has 0 saturated carbocycles. The first-order chi connectivity index (χ1) is 8.26. The fraction of sp³-hybridized carbons (Fsp3) is 0.385. The molecule has 1 heterocycles. The van der Waals surface area contributed by atoms with Crippen LogP contribution in [-0.2, 0) is 4.74 Å². The van der Waals surface area contributed by atoms with Crippen molar-refractivity contribution >= 4 is 0 Å². The molecule has 0 amide bonds. The summed E-state index contributed by atoms with van der Waals surface area (Å²) in [6.07, 6.45) is 3.01. The van der Waals surface area contributed by atoms with Gasteiger partial charge in [-0.15, -0.1) is 0 Å². The van der Waals surface area contributed by atoms with Crippen LogP contribution in [0.25, 0.3) is 0 Å². The highest BCUT2D eigenvalue weighted by atomic mass is 16.5. The summed E-state index contributed by atoms with van der Waals surface area (Å²) < 4.78 is 10.9. The number of methoxy groups -OCH3 is 1. The predicted octanol–water partition coefficient (Wildman–Crippen LogP) is 1.81. The van der Waals surface area contributed by atoms with E-state index < -0.39 is 0 Å². The van der Waals surface area contributed by atoms with Crippen LogP contribution in [0.4, 0.5) is 0 Å². The van der Waals surface area contributed by atoms with Crippen LogP contribution >= 0.6 is 0 Å². The maximum absolute atomic E-state index is 5.60. The van der Waals surface area contributed by atoms with E-state index in [1.807, 2.05) is 25.1 Å². The van der Waals surface area contributed by atoms with Gasteiger partial charge in [0.1, 0.15) is 17.6 Å². The number of nitrogens with one attached hydrogen (secondary N) is 1. The summed E-state index contributed by atoms with van der Waals surface area (Å²) in [6, 6.07) is 5.94. The Hall–Kier alpha value is -1.52. The number of ether oxygens (including phenoxy) is 2. The van der Waals surface area contributed by atoms with Gasteiger partial charge in [-0.2, -0.15) is 0 Å². The molecule has 0 bridgehead atoms. The summed E-state index contributed by atoms with van der Waals surface area (Å²) in [7, 11) is 1.67.